The summed E-state index contributed by atoms with van der Waals surface area (Å²) in [5, 5.41) is 8.73. The minimum atomic E-state index is 0.607. The van der Waals surface area contributed by atoms with Crippen LogP contribution in [-0.4, -0.2) is 5.71 Å². The number of nitrogens with zero attached hydrogens (tertiary/aromatic N) is 1. The van der Waals surface area contributed by atoms with Crippen LogP contribution in [0.2, 0.25) is 0 Å². The lowest BCUT2D eigenvalue weighted by molar-refractivity contribution is 0.671. The van der Waals surface area contributed by atoms with Gasteiger partial charge in [-0.05, 0) is 62.7 Å². The summed E-state index contributed by atoms with van der Waals surface area (Å²) < 4.78 is 6.56. The van der Waals surface area contributed by atoms with E-state index in [4.69, 9.17) is 15.1 Å². The van der Waals surface area contributed by atoms with Crippen molar-refractivity contribution in [2.75, 3.05) is 5.73 Å². The van der Waals surface area contributed by atoms with Gasteiger partial charge in [-0.15, -0.1) is 0 Å². The quantitative estimate of drug-likeness (QED) is 0.145. The molecule has 53 heavy (non-hydrogen) atoms. The van der Waals surface area contributed by atoms with Crippen molar-refractivity contribution in [3.8, 4) is 22.3 Å². The zero-order chi connectivity index (χ0) is 35.5. The van der Waals surface area contributed by atoms with Gasteiger partial charge in [-0.1, -0.05) is 164 Å². The summed E-state index contributed by atoms with van der Waals surface area (Å²) >= 11 is 0. The fourth-order valence-corrected chi connectivity index (χ4v) is 8.10. The van der Waals surface area contributed by atoms with Gasteiger partial charge in [0.2, 0.25) is 0 Å². The Bertz CT molecular complexity index is 3080. The van der Waals surface area contributed by atoms with Gasteiger partial charge in [0.05, 0.1) is 17.1 Å². The molecular weight excluding hydrogens is 645 g/mol. The molecule has 1 aromatic heterocycles. The third kappa shape index (κ3) is 5.01. The lowest BCUT2D eigenvalue weighted by Crippen LogP contribution is -2.07. The number of rotatable bonds is 5. The first-order valence-corrected chi connectivity index (χ1v) is 18.0. The lowest BCUT2D eigenvalue weighted by Gasteiger charge is -2.19. The van der Waals surface area contributed by atoms with Crippen molar-refractivity contribution in [1.82, 2.24) is 0 Å². The Kier molecular flexibility index (Phi) is 7.19. The second-order valence-corrected chi connectivity index (χ2v) is 13.7. The summed E-state index contributed by atoms with van der Waals surface area (Å²) in [5.74, 6) is 0. The number of fused-ring (bicyclic) bond motifs is 7. The number of benzene rings is 9. The zero-order valence-corrected chi connectivity index (χ0v) is 29.2. The van der Waals surface area contributed by atoms with E-state index >= 15 is 0 Å². The summed E-state index contributed by atoms with van der Waals surface area (Å²) in [6.45, 7) is 2.18. The average Bonchev–Trinajstić information content (AvgIpc) is 3.61. The molecule has 0 spiro atoms. The predicted molar refractivity (Wildman–Crippen MR) is 224 cm³/mol. The van der Waals surface area contributed by atoms with Crippen LogP contribution in [0.3, 0.4) is 0 Å². The lowest BCUT2D eigenvalue weighted by atomic mass is 9.89. The maximum atomic E-state index is 7.29. The van der Waals surface area contributed by atoms with Gasteiger partial charge in [0.15, 0.2) is 5.58 Å². The van der Waals surface area contributed by atoms with Crippen LogP contribution in [0.1, 0.15) is 16.7 Å². The fourth-order valence-electron chi connectivity index (χ4n) is 8.10. The van der Waals surface area contributed by atoms with Crippen molar-refractivity contribution in [1.29, 1.82) is 0 Å². The van der Waals surface area contributed by atoms with Gasteiger partial charge >= 0.3 is 0 Å². The Morgan fingerprint density at radius 3 is 1.96 bits per heavy atom. The Morgan fingerprint density at radius 2 is 1.15 bits per heavy atom. The number of nitrogens with two attached hydrogens (primary N) is 1. The van der Waals surface area contributed by atoms with E-state index in [9.17, 15) is 0 Å². The van der Waals surface area contributed by atoms with Crippen LogP contribution in [0.15, 0.2) is 185 Å². The van der Waals surface area contributed by atoms with Gasteiger partial charge in [-0.25, -0.2) is 4.99 Å². The molecule has 10 rings (SSSR count). The summed E-state index contributed by atoms with van der Waals surface area (Å²) in [5.41, 5.74) is 18.7. The van der Waals surface area contributed by atoms with E-state index in [0.29, 0.717) is 11.3 Å². The number of aryl methyl sites for hydroxylation is 1. The largest absolute Gasteiger partial charge is 0.454 e. The van der Waals surface area contributed by atoms with E-state index in [2.05, 4.69) is 171 Å². The molecule has 0 aliphatic heterocycles. The predicted octanol–water partition coefficient (Wildman–Crippen LogP) is 13.4. The van der Waals surface area contributed by atoms with Crippen molar-refractivity contribution in [2.45, 2.75) is 6.92 Å². The zero-order valence-electron chi connectivity index (χ0n) is 29.2. The monoisotopic (exact) mass is 678 g/mol. The van der Waals surface area contributed by atoms with Crippen molar-refractivity contribution in [2.24, 2.45) is 4.99 Å². The molecule has 1 heterocycles. The summed E-state index contributed by atoms with van der Waals surface area (Å²) in [4.78, 5) is 5.85. The molecule has 0 unspecified atom stereocenters. The van der Waals surface area contributed by atoms with Crippen LogP contribution < -0.4 is 5.73 Å². The average molecular weight is 679 g/mol. The normalized spacial score (nSPS) is 12.1. The van der Waals surface area contributed by atoms with Crippen molar-refractivity contribution < 1.29 is 4.42 Å². The molecule has 0 saturated carbocycles. The number of furan rings is 1. The maximum Gasteiger partial charge on any atom is 0.159 e. The highest BCUT2D eigenvalue weighted by molar-refractivity contribution is 6.28. The summed E-state index contributed by atoms with van der Waals surface area (Å²) in [6, 6.07) is 61.9. The molecule has 0 radical (unpaired) electrons. The van der Waals surface area contributed by atoms with Crippen molar-refractivity contribution in [3.63, 3.8) is 0 Å². The molecule has 0 saturated heterocycles. The minimum Gasteiger partial charge on any atom is -0.454 e. The van der Waals surface area contributed by atoms with Gasteiger partial charge in [-0.2, -0.15) is 0 Å². The highest BCUT2D eigenvalue weighted by Crippen LogP contribution is 2.49. The minimum absolute atomic E-state index is 0.607. The molecule has 9 aromatic carbocycles. The van der Waals surface area contributed by atoms with E-state index in [0.717, 1.165) is 93.6 Å². The molecule has 3 heteroatoms. The second kappa shape index (κ2) is 12.4. The van der Waals surface area contributed by atoms with E-state index in [1.54, 1.807) is 0 Å². The summed E-state index contributed by atoms with van der Waals surface area (Å²) in [6.07, 6.45) is 0. The van der Waals surface area contributed by atoms with Crippen LogP contribution in [0.5, 0.6) is 0 Å². The Hall–Kier alpha value is -6.97. The van der Waals surface area contributed by atoms with Gasteiger partial charge in [0.1, 0.15) is 5.58 Å². The summed E-state index contributed by atoms with van der Waals surface area (Å²) in [7, 11) is 0. The first kappa shape index (κ1) is 30.8. The van der Waals surface area contributed by atoms with E-state index < -0.39 is 0 Å². The highest BCUT2D eigenvalue weighted by Gasteiger charge is 2.23. The Balaban J connectivity index is 1.34. The third-order valence-corrected chi connectivity index (χ3v) is 10.6. The van der Waals surface area contributed by atoms with E-state index in [1.165, 1.54) is 5.39 Å². The molecule has 10 aromatic rings. The molecule has 3 nitrogen and oxygen atoms in total. The topological polar surface area (TPSA) is 51.5 Å². The second-order valence-electron chi connectivity index (χ2n) is 13.7. The molecule has 0 aliphatic rings. The van der Waals surface area contributed by atoms with Crippen LogP contribution in [0.25, 0.3) is 76.5 Å². The van der Waals surface area contributed by atoms with Crippen LogP contribution in [0, 0.1) is 6.92 Å². The first-order valence-electron chi connectivity index (χ1n) is 18.0. The van der Waals surface area contributed by atoms with Crippen molar-refractivity contribution >= 4 is 71.3 Å². The smallest absolute Gasteiger partial charge is 0.159 e. The number of anilines is 1. The molecule has 250 valence electrons. The number of hydrogen-bond donors (Lipinski definition) is 1. The van der Waals surface area contributed by atoms with Gasteiger partial charge in [-0.3, -0.25) is 0 Å². The van der Waals surface area contributed by atoms with Gasteiger partial charge in [0, 0.05) is 38.4 Å². The molecule has 0 fully saturated rings. The van der Waals surface area contributed by atoms with Crippen molar-refractivity contribution in [3.05, 3.63) is 193 Å². The standard InChI is InChI=1S/C50H34N2O/c1-31-26-27-33-16-5-7-20-37(33)44(31)48(36-19-13-18-35(30-36)32-14-3-2-4-15-32)52-49-38-21-8-6-17-34(38)28-29-42(49)45-39-22-9-10-23-40(39)46-41-24-11-12-25-43(41)53-50(46)47(45)51/h2-30H,51H2,1H3. The third-order valence-electron chi connectivity index (χ3n) is 10.6. The first-order chi connectivity index (χ1) is 26.1. The fraction of sp³-hybridized carbons (Fsp3) is 0.0200. The van der Waals surface area contributed by atoms with E-state index in [1.807, 2.05) is 12.1 Å². The van der Waals surface area contributed by atoms with Gasteiger partial charge in [0.25, 0.3) is 0 Å². The highest BCUT2D eigenvalue weighted by atomic mass is 16.3. The SMILES string of the molecule is Cc1ccc2ccccc2c1C(=Nc1c(-c2c(N)c3oc4ccccc4c3c3ccccc23)ccc2ccccc12)c1cccc(-c2ccccc2)c1. The molecule has 0 amide bonds. The number of nitrogen functional groups attached to an aromatic ring is 1. The number of hydrogen-bond acceptors (Lipinski definition) is 3. The van der Waals surface area contributed by atoms with E-state index in [-0.39, 0.29) is 0 Å². The van der Waals surface area contributed by atoms with Crippen LogP contribution >= 0.6 is 0 Å². The molecule has 0 bridgehead atoms. The molecular formula is C50H34N2O. The van der Waals surface area contributed by atoms with Crippen LogP contribution in [0.4, 0.5) is 11.4 Å². The molecule has 0 atom stereocenters. The molecule has 0 aliphatic carbocycles. The number of para-hydroxylation sites is 1. The molecule has 2 N–H and O–H groups in total. The Morgan fingerprint density at radius 1 is 0.528 bits per heavy atom. The van der Waals surface area contributed by atoms with Gasteiger partial charge < -0.3 is 10.2 Å². The maximum absolute atomic E-state index is 7.29. The number of aliphatic imine (C=N–C) groups is 1. The van der Waals surface area contributed by atoms with Crippen LogP contribution in [-0.2, 0) is 0 Å². The Labute approximate surface area is 307 Å².